The Morgan fingerprint density at radius 2 is 2.09 bits per heavy atom. The van der Waals surface area contributed by atoms with Gasteiger partial charge in [0, 0.05) is 11.8 Å². The van der Waals surface area contributed by atoms with Gasteiger partial charge in [-0.05, 0) is 12.1 Å². The van der Waals surface area contributed by atoms with Gasteiger partial charge in [0.1, 0.15) is 17.5 Å². The van der Waals surface area contributed by atoms with Crippen LogP contribution in [0.25, 0.3) is 5.69 Å². The van der Waals surface area contributed by atoms with Crippen LogP contribution in [0.1, 0.15) is 21.6 Å². The molecule has 0 aliphatic carbocycles. The summed E-state index contributed by atoms with van der Waals surface area (Å²) in [4.78, 5) is 11.1. The monoisotopic (exact) mass is 308 g/mol. The second-order valence-electron chi connectivity index (χ2n) is 4.81. The van der Waals surface area contributed by atoms with Crippen molar-refractivity contribution < 1.29 is 9.90 Å². The van der Waals surface area contributed by atoms with Gasteiger partial charge in [0.25, 0.3) is 0 Å². The number of aromatic nitrogens is 4. The Morgan fingerprint density at radius 3 is 2.70 bits per heavy atom. The van der Waals surface area contributed by atoms with Gasteiger partial charge in [-0.1, -0.05) is 18.2 Å². The van der Waals surface area contributed by atoms with E-state index in [-0.39, 0.29) is 23.6 Å². The van der Waals surface area contributed by atoms with Crippen molar-refractivity contribution in [3.63, 3.8) is 0 Å². The van der Waals surface area contributed by atoms with Gasteiger partial charge >= 0.3 is 5.97 Å². The van der Waals surface area contributed by atoms with Crippen molar-refractivity contribution in [2.75, 3.05) is 5.73 Å². The number of carboxylic acid groups (broad SMARTS) is 1. The predicted molar refractivity (Wildman–Crippen MR) is 81.0 cm³/mol. The standard InChI is InChI=1S/C15H12N6O2/c16-6-12-13(15(22)23)19-21(14(12)17)9-10-7-18-20(8-10)11-4-2-1-3-5-11/h1-5,7-8H,9,17H2,(H,22,23). The fraction of sp³-hybridized carbons (Fsp3) is 0.0667. The molecule has 0 spiro atoms. The summed E-state index contributed by atoms with van der Waals surface area (Å²) in [5.41, 5.74) is 7.01. The third-order valence-corrected chi connectivity index (χ3v) is 3.30. The minimum atomic E-state index is -1.29. The highest BCUT2D eigenvalue weighted by atomic mass is 16.4. The first-order valence-corrected chi connectivity index (χ1v) is 6.69. The van der Waals surface area contributed by atoms with E-state index in [0.717, 1.165) is 11.3 Å². The lowest BCUT2D eigenvalue weighted by Crippen LogP contribution is -2.06. The van der Waals surface area contributed by atoms with Crippen LogP contribution in [0.15, 0.2) is 42.7 Å². The lowest BCUT2D eigenvalue weighted by molar-refractivity contribution is 0.0689. The molecule has 0 aliphatic rings. The molecule has 0 bridgehead atoms. The number of nitrogen functional groups attached to an aromatic ring is 1. The Bertz CT molecular complexity index is 904. The van der Waals surface area contributed by atoms with Crippen molar-refractivity contribution in [1.29, 1.82) is 5.26 Å². The number of benzene rings is 1. The molecule has 3 N–H and O–H groups in total. The highest BCUT2D eigenvalue weighted by molar-refractivity contribution is 5.90. The number of nitriles is 1. The predicted octanol–water partition coefficient (Wildman–Crippen LogP) is 1.27. The number of aromatic carboxylic acids is 1. The summed E-state index contributed by atoms with van der Waals surface area (Å²) < 4.78 is 2.98. The largest absolute Gasteiger partial charge is 0.476 e. The summed E-state index contributed by atoms with van der Waals surface area (Å²) in [5, 5.41) is 26.2. The number of para-hydroxylation sites is 1. The summed E-state index contributed by atoms with van der Waals surface area (Å²) >= 11 is 0. The van der Waals surface area contributed by atoms with E-state index >= 15 is 0 Å². The van der Waals surface area contributed by atoms with Crippen LogP contribution in [0.4, 0.5) is 5.82 Å². The fourth-order valence-electron chi connectivity index (χ4n) is 2.19. The minimum Gasteiger partial charge on any atom is -0.476 e. The van der Waals surface area contributed by atoms with Crippen molar-refractivity contribution in [3.05, 3.63) is 59.5 Å². The van der Waals surface area contributed by atoms with Crippen LogP contribution in [-0.2, 0) is 6.54 Å². The molecule has 0 atom stereocenters. The molecule has 114 valence electrons. The summed E-state index contributed by atoms with van der Waals surface area (Å²) in [7, 11) is 0. The van der Waals surface area contributed by atoms with E-state index in [1.54, 1.807) is 23.1 Å². The first-order valence-electron chi connectivity index (χ1n) is 6.69. The number of hydrogen-bond donors (Lipinski definition) is 2. The summed E-state index contributed by atoms with van der Waals surface area (Å²) in [6.45, 7) is 0.223. The second-order valence-corrected chi connectivity index (χ2v) is 4.81. The zero-order chi connectivity index (χ0) is 16.4. The maximum Gasteiger partial charge on any atom is 0.357 e. The van der Waals surface area contributed by atoms with Gasteiger partial charge in [-0.15, -0.1) is 0 Å². The average Bonchev–Trinajstić information content (AvgIpc) is 3.14. The van der Waals surface area contributed by atoms with Crippen LogP contribution >= 0.6 is 0 Å². The van der Waals surface area contributed by atoms with Gasteiger partial charge in [-0.25, -0.2) is 14.2 Å². The number of rotatable bonds is 4. The van der Waals surface area contributed by atoms with Crippen LogP contribution in [0.5, 0.6) is 0 Å². The zero-order valence-electron chi connectivity index (χ0n) is 11.9. The first-order chi connectivity index (χ1) is 11.1. The lowest BCUT2D eigenvalue weighted by Gasteiger charge is -2.01. The maximum absolute atomic E-state index is 11.1. The number of hydrogen-bond acceptors (Lipinski definition) is 5. The molecule has 3 rings (SSSR count). The Kier molecular flexibility index (Phi) is 3.52. The molecule has 0 fully saturated rings. The van der Waals surface area contributed by atoms with Crippen molar-refractivity contribution >= 4 is 11.8 Å². The van der Waals surface area contributed by atoms with Crippen LogP contribution in [0, 0.1) is 11.3 Å². The van der Waals surface area contributed by atoms with Gasteiger partial charge in [0.15, 0.2) is 5.69 Å². The minimum absolute atomic E-state index is 0.0253. The van der Waals surface area contributed by atoms with Gasteiger partial charge in [0.2, 0.25) is 0 Å². The van der Waals surface area contributed by atoms with E-state index in [2.05, 4.69) is 10.2 Å². The molecule has 0 saturated heterocycles. The van der Waals surface area contributed by atoms with Crippen molar-refractivity contribution in [2.45, 2.75) is 6.54 Å². The molecular formula is C15H12N6O2. The SMILES string of the molecule is N#Cc1c(C(=O)O)nn(Cc2cnn(-c3ccccc3)c2)c1N. The third-order valence-electron chi connectivity index (χ3n) is 3.30. The average molecular weight is 308 g/mol. The lowest BCUT2D eigenvalue weighted by atomic mass is 10.2. The van der Waals surface area contributed by atoms with Crippen LogP contribution < -0.4 is 5.73 Å². The number of carbonyl (C=O) groups is 1. The molecule has 0 radical (unpaired) electrons. The summed E-state index contributed by atoms with van der Waals surface area (Å²) in [5.74, 6) is -1.26. The van der Waals surface area contributed by atoms with E-state index < -0.39 is 5.97 Å². The van der Waals surface area contributed by atoms with Crippen molar-refractivity contribution in [2.24, 2.45) is 0 Å². The molecule has 8 nitrogen and oxygen atoms in total. The molecule has 2 heterocycles. The molecule has 2 aromatic heterocycles. The Labute approximate surface area is 131 Å². The molecule has 0 unspecified atom stereocenters. The smallest absolute Gasteiger partial charge is 0.357 e. The quantitative estimate of drug-likeness (QED) is 0.748. The molecule has 23 heavy (non-hydrogen) atoms. The van der Waals surface area contributed by atoms with E-state index in [9.17, 15) is 4.79 Å². The van der Waals surface area contributed by atoms with Crippen molar-refractivity contribution in [3.8, 4) is 11.8 Å². The highest BCUT2D eigenvalue weighted by Crippen LogP contribution is 2.18. The number of nitrogens with zero attached hydrogens (tertiary/aromatic N) is 5. The van der Waals surface area contributed by atoms with E-state index in [0.29, 0.717) is 0 Å². The fourth-order valence-corrected chi connectivity index (χ4v) is 2.19. The molecule has 0 aliphatic heterocycles. The first kappa shape index (κ1) is 14.3. The molecule has 0 amide bonds. The Hall–Kier alpha value is -3.60. The van der Waals surface area contributed by atoms with Gasteiger partial charge < -0.3 is 10.8 Å². The Balaban J connectivity index is 1.91. The van der Waals surface area contributed by atoms with Crippen molar-refractivity contribution in [1.82, 2.24) is 19.6 Å². The molecule has 3 aromatic rings. The summed E-state index contributed by atoms with van der Waals surface area (Å²) in [6.07, 6.45) is 3.43. The van der Waals surface area contributed by atoms with Gasteiger partial charge in [0.05, 0.1) is 18.4 Å². The topological polar surface area (TPSA) is 123 Å². The van der Waals surface area contributed by atoms with Crippen LogP contribution in [-0.4, -0.2) is 30.6 Å². The van der Waals surface area contributed by atoms with Gasteiger partial charge in [-0.2, -0.15) is 15.5 Å². The summed E-state index contributed by atoms with van der Waals surface area (Å²) in [6, 6.07) is 11.3. The van der Waals surface area contributed by atoms with Crippen LogP contribution in [0.2, 0.25) is 0 Å². The van der Waals surface area contributed by atoms with E-state index in [1.165, 1.54) is 4.68 Å². The molecule has 8 heteroatoms. The maximum atomic E-state index is 11.1. The molecular weight excluding hydrogens is 296 g/mol. The number of carboxylic acids is 1. The molecule has 0 saturated carbocycles. The second kappa shape index (κ2) is 5.65. The highest BCUT2D eigenvalue weighted by Gasteiger charge is 2.21. The number of anilines is 1. The third kappa shape index (κ3) is 2.63. The molecule has 1 aromatic carbocycles. The zero-order valence-corrected chi connectivity index (χ0v) is 11.9. The number of nitrogens with two attached hydrogens (primary N) is 1. The van der Waals surface area contributed by atoms with E-state index in [4.69, 9.17) is 16.1 Å². The Morgan fingerprint density at radius 1 is 1.35 bits per heavy atom. The van der Waals surface area contributed by atoms with Crippen LogP contribution in [0.3, 0.4) is 0 Å². The van der Waals surface area contributed by atoms with E-state index in [1.807, 2.05) is 30.3 Å². The van der Waals surface area contributed by atoms with Gasteiger partial charge in [-0.3, -0.25) is 0 Å². The normalized spacial score (nSPS) is 10.4.